The van der Waals surface area contributed by atoms with E-state index in [1.165, 1.54) is 14.2 Å². The van der Waals surface area contributed by atoms with Crippen LogP contribution in [0.3, 0.4) is 0 Å². The first-order valence-electron chi connectivity index (χ1n) is 6.54. The maximum absolute atomic E-state index is 10.5. The minimum Gasteiger partial charge on any atom is -0.469 e. The third-order valence-electron chi connectivity index (χ3n) is 2.44. The van der Waals surface area contributed by atoms with Gasteiger partial charge < -0.3 is 19.1 Å². The van der Waals surface area contributed by atoms with Gasteiger partial charge in [-0.3, -0.25) is 9.59 Å². The van der Waals surface area contributed by atoms with Gasteiger partial charge in [0.05, 0.1) is 14.2 Å². The molecule has 0 aliphatic heterocycles. The number of methoxy groups -OCH3 is 2. The highest BCUT2D eigenvalue weighted by atomic mass is 16.5. The van der Waals surface area contributed by atoms with Crippen LogP contribution in [0.15, 0.2) is 0 Å². The monoisotopic (exact) mass is 288 g/mol. The van der Waals surface area contributed by atoms with Crippen molar-refractivity contribution < 1.29 is 28.7 Å². The lowest BCUT2D eigenvalue weighted by Crippen LogP contribution is -2.04. The smallest absolute Gasteiger partial charge is 0.305 e. The number of hydrogen-bond acceptors (Lipinski definition) is 6. The second kappa shape index (κ2) is 15.3. The minimum atomic E-state index is -0.256. The van der Waals surface area contributed by atoms with Crippen LogP contribution in [0.4, 0.5) is 0 Å². The summed E-state index contributed by atoms with van der Waals surface area (Å²) in [7, 11) is 2.70. The molecule has 0 saturated heterocycles. The lowest BCUT2D eigenvalue weighted by Gasteiger charge is -2.00. The molecule has 0 spiro atoms. The summed E-state index contributed by atoms with van der Waals surface area (Å²) >= 11 is 0. The summed E-state index contributed by atoms with van der Waals surface area (Å²) in [6.07, 6.45) is 5.08. The predicted molar refractivity (Wildman–Crippen MR) is 73.0 cm³/mol. The van der Waals surface area contributed by atoms with Crippen LogP contribution in [0.5, 0.6) is 0 Å². The van der Waals surface area contributed by atoms with E-state index in [0.717, 1.165) is 25.4 Å². The summed E-state index contributed by atoms with van der Waals surface area (Å²) in [5.41, 5.74) is 0. The van der Waals surface area contributed by atoms with Crippen molar-refractivity contribution >= 4 is 24.5 Å². The molecule has 0 aliphatic rings. The normalized spacial score (nSPS) is 10.6. The summed E-state index contributed by atoms with van der Waals surface area (Å²) in [6.45, 7) is 1.77. The molecular formula is C14H24O6. The maximum atomic E-state index is 10.5. The van der Waals surface area contributed by atoms with Crippen LogP contribution in [0.1, 0.15) is 45.4 Å². The summed E-state index contributed by atoms with van der Waals surface area (Å²) in [5, 5.41) is 0. The van der Waals surface area contributed by atoms with Crippen LogP contribution in [0.25, 0.3) is 0 Å². The molecule has 116 valence electrons. The molecule has 0 aromatic heterocycles. The SMILES string of the molecule is COC(=O)CCC(C)C=O.COC(=O)CCCCC=O. The molecular weight excluding hydrogens is 264 g/mol. The minimum absolute atomic E-state index is 0.0425. The zero-order valence-corrected chi connectivity index (χ0v) is 12.4. The number of aldehydes is 2. The van der Waals surface area contributed by atoms with Gasteiger partial charge in [-0.15, -0.1) is 0 Å². The van der Waals surface area contributed by atoms with E-state index in [-0.39, 0.29) is 17.9 Å². The van der Waals surface area contributed by atoms with Gasteiger partial charge in [0.15, 0.2) is 0 Å². The highest BCUT2D eigenvalue weighted by Crippen LogP contribution is 2.02. The largest absolute Gasteiger partial charge is 0.469 e. The Balaban J connectivity index is 0. The van der Waals surface area contributed by atoms with E-state index in [1.54, 1.807) is 6.92 Å². The lowest BCUT2D eigenvalue weighted by atomic mass is 10.1. The fourth-order valence-corrected chi connectivity index (χ4v) is 1.11. The zero-order chi connectivity index (χ0) is 15.8. The number of carbonyl (C=O) groups is 4. The maximum Gasteiger partial charge on any atom is 0.305 e. The van der Waals surface area contributed by atoms with Crippen molar-refractivity contribution in [1.29, 1.82) is 0 Å². The molecule has 1 atom stereocenters. The van der Waals surface area contributed by atoms with Gasteiger partial charge >= 0.3 is 11.9 Å². The van der Waals surface area contributed by atoms with Gasteiger partial charge in [-0.05, 0) is 19.3 Å². The number of esters is 2. The molecule has 0 aliphatic carbocycles. The quantitative estimate of drug-likeness (QED) is 0.364. The average molecular weight is 288 g/mol. The highest BCUT2D eigenvalue weighted by Gasteiger charge is 2.04. The molecule has 0 amide bonds. The summed E-state index contributed by atoms with van der Waals surface area (Å²) < 4.78 is 8.79. The molecule has 6 nitrogen and oxygen atoms in total. The van der Waals surface area contributed by atoms with Gasteiger partial charge in [0, 0.05) is 25.2 Å². The van der Waals surface area contributed by atoms with Crippen molar-refractivity contribution in [2.75, 3.05) is 14.2 Å². The Bertz CT molecular complexity index is 287. The molecule has 0 fully saturated rings. The fourth-order valence-electron chi connectivity index (χ4n) is 1.11. The molecule has 0 N–H and O–H groups in total. The summed E-state index contributed by atoms with van der Waals surface area (Å²) in [6, 6.07) is 0. The van der Waals surface area contributed by atoms with Crippen LogP contribution in [0.2, 0.25) is 0 Å². The molecule has 0 rings (SSSR count). The average Bonchev–Trinajstić information content (AvgIpc) is 2.48. The summed E-state index contributed by atoms with van der Waals surface area (Å²) in [4.78, 5) is 40.8. The van der Waals surface area contributed by atoms with Crippen LogP contribution in [-0.4, -0.2) is 38.7 Å². The van der Waals surface area contributed by atoms with Crippen molar-refractivity contribution in [3.05, 3.63) is 0 Å². The number of rotatable bonds is 9. The third kappa shape index (κ3) is 16.3. The molecule has 6 heteroatoms. The summed E-state index contributed by atoms with van der Waals surface area (Å²) in [5.74, 6) is -0.501. The van der Waals surface area contributed by atoms with E-state index in [0.29, 0.717) is 25.7 Å². The molecule has 0 saturated carbocycles. The van der Waals surface area contributed by atoms with Gasteiger partial charge in [0.1, 0.15) is 12.6 Å². The standard InChI is InChI=1S/2C7H12O3/c1-6(5-8)3-4-7(9)10-2;1-10-7(9)5-3-2-4-6-8/h5-6H,3-4H2,1-2H3;6H,2-5H2,1H3. The van der Waals surface area contributed by atoms with E-state index >= 15 is 0 Å². The molecule has 0 aromatic carbocycles. The Labute approximate surface area is 119 Å². The van der Waals surface area contributed by atoms with Crippen LogP contribution in [0, 0.1) is 5.92 Å². The van der Waals surface area contributed by atoms with E-state index < -0.39 is 0 Å². The molecule has 1 unspecified atom stereocenters. The first kappa shape index (κ1) is 20.6. The van der Waals surface area contributed by atoms with Gasteiger partial charge in [0.25, 0.3) is 0 Å². The second-order valence-corrected chi connectivity index (χ2v) is 4.22. The van der Waals surface area contributed by atoms with E-state index in [2.05, 4.69) is 9.47 Å². The van der Waals surface area contributed by atoms with Crippen molar-refractivity contribution in [2.24, 2.45) is 5.92 Å². The van der Waals surface area contributed by atoms with E-state index in [1.807, 2.05) is 0 Å². The molecule has 0 bridgehead atoms. The molecule has 0 radical (unpaired) electrons. The van der Waals surface area contributed by atoms with Crippen LogP contribution in [-0.2, 0) is 28.7 Å². The second-order valence-electron chi connectivity index (χ2n) is 4.22. The third-order valence-corrected chi connectivity index (χ3v) is 2.44. The van der Waals surface area contributed by atoms with Gasteiger partial charge in [-0.2, -0.15) is 0 Å². The molecule has 20 heavy (non-hydrogen) atoms. The fraction of sp³-hybridized carbons (Fsp3) is 0.714. The lowest BCUT2D eigenvalue weighted by molar-refractivity contribution is -0.141. The Morgan fingerprint density at radius 2 is 1.55 bits per heavy atom. The topological polar surface area (TPSA) is 86.7 Å². The van der Waals surface area contributed by atoms with Crippen molar-refractivity contribution in [3.63, 3.8) is 0 Å². The Morgan fingerprint density at radius 3 is 2.00 bits per heavy atom. The number of ether oxygens (including phenoxy) is 2. The van der Waals surface area contributed by atoms with Crippen molar-refractivity contribution in [2.45, 2.75) is 45.4 Å². The van der Waals surface area contributed by atoms with E-state index in [4.69, 9.17) is 0 Å². The zero-order valence-electron chi connectivity index (χ0n) is 12.4. The number of hydrogen-bond donors (Lipinski definition) is 0. The van der Waals surface area contributed by atoms with Crippen molar-refractivity contribution in [1.82, 2.24) is 0 Å². The Hall–Kier alpha value is -1.72. The first-order valence-corrected chi connectivity index (χ1v) is 6.54. The van der Waals surface area contributed by atoms with Gasteiger partial charge in [0.2, 0.25) is 0 Å². The van der Waals surface area contributed by atoms with E-state index in [9.17, 15) is 19.2 Å². The number of unbranched alkanes of at least 4 members (excludes halogenated alkanes) is 2. The molecule has 0 heterocycles. The predicted octanol–water partition coefficient (Wildman–Crippen LogP) is 1.69. The highest BCUT2D eigenvalue weighted by molar-refractivity contribution is 5.69. The first-order chi connectivity index (χ1) is 9.51. The molecule has 0 aromatic rings. The number of carbonyl (C=O) groups excluding carboxylic acids is 4. The van der Waals surface area contributed by atoms with Crippen LogP contribution < -0.4 is 0 Å². The Morgan fingerprint density at radius 1 is 1.00 bits per heavy atom. The van der Waals surface area contributed by atoms with Gasteiger partial charge in [-0.1, -0.05) is 6.92 Å². The Kier molecular flexibility index (Phi) is 15.8. The van der Waals surface area contributed by atoms with Crippen molar-refractivity contribution in [3.8, 4) is 0 Å². The van der Waals surface area contributed by atoms with Crippen LogP contribution >= 0.6 is 0 Å². The van der Waals surface area contributed by atoms with Gasteiger partial charge in [-0.25, -0.2) is 0 Å².